The van der Waals surface area contributed by atoms with Crippen LogP contribution in [0.1, 0.15) is 16.8 Å². The van der Waals surface area contributed by atoms with Gasteiger partial charge in [-0.25, -0.2) is 8.42 Å². The highest BCUT2D eigenvalue weighted by atomic mass is 32.2. The van der Waals surface area contributed by atoms with Gasteiger partial charge in [0.25, 0.3) is 5.91 Å². The largest absolute Gasteiger partial charge is 0.506 e. The average Bonchev–Trinajstić information content (AvgIpc) is 2.87. The predicted molar refractivity (Wildman–Crippen MR) is 131 cm³/mol. The third-order valence-electron chi connectivity index (χ3n) is 5.42. The topological polar surface area (TPSA) is 133 Å². The number of carbonyl (C=O) groups excluding carboxylic acids is 2. The number of rotatable bonds is 6. The van der Waals surface area contributed by atoms with Crippen molar-refractivity contribution in [3.8, 4) is 11.5 Å². The van der Waals surface area contributed by atoms with Crippen LogP contribution in [-0.4, -0.2) is 30.4 Å². The Morgan fingerprint density at radius 1 is 0.800 bits per heavy atom. The second-order valence-corrected chi connectivity index (χ2v) is 9.78. The Hall–Kier alpha value is -4.37. The molecule has 3 aromatic carbocycles. The summed E-state index contributed by atoms with van der Waals surface area (Å²) in [4.78, 5) is 24.6. The van der Waals surface area contributed by atoms with Gasteiger partial charge in [0.15, 0.2) is 0 Å². The van der Waals surface area contributed by atoms with E-state index in [2.05, 4.69) is 10.6 Å². The number of carbonyl (C=O) groups is 2. The zero-order valence-corrected chi connectivity index (χ0v) is 19.2. The first kappa shape index (κ1) is 23.8. The fraction of sp³-hybridized carbons (Fsp3) is 0.0769. The van der Waals surface area contributed by atoms with Gasteiger partial charge in [-0.3, -0.25) is 9.59 Å². The van der Waals surface area contributed by atoms with Crippen molar-refractivity contribution in [2.24, 2.45) is 5.92 Å². The molecule has 1 unspecified atom stereocenters. The van der Waals surface area contributed by atoms with E-state index in [0.717, 1.165) is 6.07 Å². The minimum atomic E-state index is -4.13. The Balaban J connectivity index is 1.61. The summed E-state index contributed by atoms with van der Waals surface area (Å²) in [5.74, 6) is -1.93. The molecule has 0 heterocycles. The molecule has 1 aliphatic rings. The molecule has 0 aliphatic heterocycles. The highest BCUT2D eigenvalue weighted by Crippen LogP contribution is 2.33. The maximum Gasteiger partial charge on any atom is 0.255 e. The van der Waals surface area contributed by atoms with Crippen molar-refractivity contribution in [1.29, 1.82) is 0 Å². The number of hydrogen-bond donors (Lipinski definition) is 4. The molecule has 3 aromatic rings. The quantitative estimate of drug-likeness (QED) is 0.382. The second kappa shape index (κ2) is 9.86. The van der Waals surface area contributed by atoms with E-state index >= 15 is 0 Å². The van der Waals surface area contributed by atoms with Gasteiger partial charge < -0.3 is 20.8 Å². The Bertz CT molecular complexity index is 1450. The maximum absolute atomic E-state index is 13.3. The third kappa shape index (κ3) is 5.25. The molecule has 1 atom stereocenters. The Morgan fingerprint density at radius 3 is 1.97 bits per heavy atom. The van der Waals surface area contributed by atoms with Crippen LogP contribution in [0, 0.1) is 5.92 Å². The fourth-order valence-electron chi connectivity index (χ4n) is 3.49. The van der Waals surface area contributed by atoms with Gasteiger partial charge in [-0.15, -0.1) is 0 Å². The van der Waals surface area contributed by atoms with Crippen molar-refractivity contribution in [3.63, 3.8) is 0 Å². The van der Waals surface area contributed by atoms with Crippen LogP contribution >= 0.6 is 0 Å². The molecule has 178 valence electrons. The number of phenols is 2. The van der Waals surface area contributed by atoms with E-state index in [1.807, 2.05) is 12.2 Å². The zero-order chi connectivity index (χ0) is 25.0. The standard InChI is InChI=1S/C26H22N2O6S/c29-23-13-11-19(15-21(23)27-25(31)17-7-3-1-4-8-17)35(33,34)20-12-14-24(30)22(16-20)28-26(32)18-9-5-2-6-10-18/h1-9,11-16,18,29-30H,10H2,(H,27,31)(H,28,32). The molecule has 0 saturated carbocycles. The van der Waals surface area contributed by atoms with E-state index in [9.17, 15) is 28.2 Å². The number of hydrogen-bond acceptors (Lipinski definition) is 6. The summed E-state index contributed by atoms with van der Waals surface area (Å²) in [5.41, 5.74) is 0.210. The Kier molecular flexibility index (Phi) is 6.70. The van der Waals surface area contributed by atoms with E-state index in [-0.39, 0.29) is 38.6 Å². The lowest BCUT2D eigenvalue weighted by Gasteiger charge is -2.15. The number of allylic oxidation sites excluding steroid dienone is 3. The number of nitrogens with one attached hydrogen (secondary N) is 2. The molecule has 0 spiro atoms. The molecule has 4 N–H and O–H groups in total. The van der Waals surface area contributed by atoms with Crippen molar-refractivity contribution in [1.82, 2.24) is 0 Å². The zero-order valence-electron chi connectivity index (χ0n) is 18.4. The SMILES string of the molecule is O=C(Nc1cc(S(=O)(=O)c2ccc(O)c(NC(=O)C3C=CC=CC3)c2)ccc1O)c1ccccc1. The molecule has 0 saturated heterocycles. The molecule has 35 heavy (non-hydrogen) atoms. The van der Waals surface area contributed by atoms with Gasteiger partial charge in [-0.1, -0.05) is 42.5 Å². The first-order chi connectivity index (χ1) is 16.8. The van der Waals surface area contributed by atoms with Crippen LogP contribution in [0.3, 0.4) is 0 Å². The Labute approximate surface area is 202 Å². The summed E-state index contributed by atoms with van der Waals surface area (Å²) in [7, 11) is -4.13. The summed E-state index contributed by atoms with van der Waals surface area (Å²) in [5, 5.41) is 25.4. The normalized spacial score (nSPS) is 14.9. The summed E-state index contributed by atoms with van der Waals surface area (Å²) in [6.07, 6.45) is 7.61. The lowest BCUT2D eigenvalue weighted by molar-refractivity contribution is -0.118. The van der Waals surface area contributed by atoms with Crippen LogP contribution in [0.4, 0.5) is 11.4 Å². The Morgan fingerprint density at radius 2 is 1.40 bits per heavy atom. The molecule has 2 amide bonds. The highest BCUT2D eigenvalue weighted by Gasteiger charge is 2.23. The smallest absolute Gasteiger partial charge is 0.255 e. The molecule has 1 aliphatic carbocycles. The monoisotopic (exact) mass is 490 g/mol. The summed E-state index contributed by atoms with van der Waals surface area (Å²) in [6, 6.07) is 15.3. The highest BCUT2D eigenvalue weighted by molar-refractivity contribution is 7.91. The van der Waals surface area contributed by atoms with E-state index in [1.54, 1.807) is 42.5 Å². The number of phenolic OH excluding ortho intramolecular Hbond substituents is 2. The van der Waals surface area contributed by atoms with Crippen LogP contribution < -0.4 is 10.6 Å². The lowest BCUT2D eigenvalue weighted by atomic mass is 10.00. The number of amides is 2. The van der Waals surface area contributed by atoms with Crippen molar-refractivity contribution in [3.05, 3.63) is 96.6 Å². The van der Waals surface area contributed by atoms with Crippen LogP contribution in [0.15, 0.2) is 101 Å². The van der Waals surface area contributed by atoms with Gasteiger partial charge in [0, 0.05) is 5.56 Å². The van der Waals surface area contributed by atoms with Crippen LogP contribution in [0.25, 0.3) is 0 Å². The van der Waals surface area contributed by atoms with Gasteiger partial charge >= 0.3 is 0 Å². The van der Waals surface area contributed by atoms with Gasteiger partial charge in [-0.2, -0.15) is 0 Å². The van der Waals surface area contributed by atoms with Crippen LogP contribution in [0.2, 0.25) is 0 Å². The third-order valence-corrected chi connectivity index (χ3v) is 7.17. The first-order valence-corrected chi connectivity index (χ1v) is 12.2. The van der Waals surface area contributed by atoms with Crippen molar-refractivity contribution < 1.29 is 28.2 Å². The number of aromatic hydroxyl groups is 2. The summed E-state index contributed by atoms with van der Waals surface area (Å²) < 4.78 is 26.6. The molecule has 0 aromatic heterocycles. The van der Waals surface area contributed by atoms with E-state index < -0.39 is 21.7 Å². The second-order valence-electron chi connectivity index (χ2n) is 7.83. The van der Waals surface area contributed by atoms with E-state index in [1.165, 1.54) is 30.3 Å². The molecule has 4 rings (SSSR count). The van der Waals surface area contributed by atoms with Gasteiger partial charge in [0.1, 0.15) is 11.5 Å². The van der Waals surface area contributed by atoms with Gasteiger partial charge in [0.2, 0.25) is 15.7 Å². The van der Waals surface area contributed by atoms with Crippen LogP contribution in [-0.2, 0) is 14.6 Å². The summed E-state index contributed by atoms with van der Waals surface area (Å²) in [6.45, 7) is 0. The number of benzene rings is 3. The van der Waals surface area contributed by atoms with E-state index in [0.29, 0.717) is 12.0 Å². The van der Waals surface area contributed by atoms with Gasteiger partial charge in [-0.05, 0) is 55.0 Å². The molecular weight excluding hydrogens is 468 g/mol. The van der Waals surface area contributed by atoms with E-state index in [4.69, 9.17) is 0 Å². The predicted octanol–water partition coefficient (Wildman–Crippen LogP) is 4.25. The van der Waals surface area contributed by atoms with Crippen LogP contribution in [0.5, 0.6) is 11.5 Å². The number of anilines is 2. The van der Waals surface area contributed by atoms with Crippen molar-refractivity contribution in [2.45, 2.75) is 16.2 Å². The van der Waals surface area contributed by atoms with Gasteiger partial charge in [0.05, 0.1) is 27.1 Å². The average molecular weight is 491 g/mol. The maximum atomic E-state index is 13.3. The molecular formula is C26H22N2O6S. The molecule has 8 nitrogen and oxygen atoms in total. The fourth-order valence-corrected chi connectivity index (χ4v) is 4.80. The molecule has 0 radical (unpaired) electrons. The van der Waals surface area contributed by atoms with Crippen molar-refractivity contribution >= 4 is 33.0 Å². The first-order valence-electron chi connectivity index (χ1n) is 10.7. The van der Waals surface area contributed by atoms with Crippen molar-refractivity contribution in [2.75, 3.05) is 10.6 Å². The minimum absolute atomic E-state index is 0.0459. The molecule has 0 fully saturated rings. The molecule has 0 bridgehead atoms. The molecule has 9 heteroatoms. The lowest BCUT2D eigenvalue weighted by Crippen LogP contribution is -2.21. The summed E-state index contributed by atoms with van der Waals surface area (Å²) >= 11 is 0. The number of sulfone groups is 1. The minimum Gasteiger partial charge on any atom is -0.506 e.